The fraction of sp³-hybridized carbons (Fsp3) is 0.120. The molecule has 7 nitrogen and oxygen atoms in total. The third-order valence-electron chi connectivity index (χ3n) is 5.17. The Labute approximate surface area is 188 Å². The molecule has 0 bridgehead atoms. The van der Waals surface area contributed by atoms with Gasteiger partial charge in [-0.1, -0.05) is 30.3 Å². The van der Waals surface area contributed by atoms with Crippen molar-refractivity contribution in [3.05, 3.63) is 89.0 Å². The lowest BCUT2D eigenvalue weighted by atomic mass is 10.1. The van der Waals surface area contributed by atoms with E-state index in [4.69, 9.17) is 0 Å². The molecule has 0 radical (unpaired) electrons. The van der Waals surface area contributed by atoms with E-state index in [1.807, 2.05) is 0 Å². The van der Waals surface area contributed by atoms with Gasteiger partial charge in [-0.3, -0.25) is 19.0 Å². The van der Waals surface area contributed by atoms with Gasteiger partial charge in [-0.05, 0) is 49.4 Å². The summed E-state index contributed by atoms with van der Waals surface area (Å²) in [6.07, 6.45) is 0. The number of hydrogen-bond donors (Lipinski definition) is 2. The van der Waals surface area contributed by atoms with E-state index in [9.17, 15) is 18.8 Å². The third kappa shape index (κ3) is 4.50. The summed E-state index contributed by atoms with van der Waals surface area (Å²) in [5.41, 5.74) is 1.95. The minimum Gasteiger partial charge on any atom is -0.326 e. The smallest absolute Gasteiger partial charge is 0.278 e. The Balaban J connectivity index is 1.84. The van der Waals surface area contributed by atoms with Crippen molar-refractivity contribution in [1.82, 2.24) is 9.55 Å². The minimum absolute atomic E-state index is 0.111. The van der Waals surface area contributed by atoms with Gasteiger partial charge in [-0.2, -0.15) is 0 Å². The summed E-state index contributed by atoms with van der Waals surface area (Å²) in [6.45, 7) is 2.99. The van der Waals surface area contributed by atoms with Crippen molar-refractivity contribution in [3.63, 3.8) is 0 Å². The summed E-state index contributed by atoms with van der Waals surface area (Å²) < 4.78 is 14.6. The highest BCUT2D eigenvalue weighted by molar-refractivity contribution is 5.96. The molecule has 166 valence electrons. The lowest BCUT2D eigenvalue weighted by molar-refractivity contribution is -0.118. The fourth-order valence-electron chi connectivity index (χ4n) is 3.60. The van der Waals surface area contributed by atoms with Crippen LogP contribution in [0.5, 0.6) is 0 Å². The number of nitrogens with one attached hydrogen (secondary N) is 2. The van der Waals surface area contributed by atoms with Crippen LogP contribution in [0.1, 0.15) is 19.9 Å². The van der Waals surface area contributed by atoms with Crippen molar-refractivity contribution in [2.45, 2.75) is 19.9 Å². The Morgan fingerprint density at radius 1 is 0.939 bits per heavy atom. The number of anilines is 2. The molecule has 4 rings (SSSR count). The molecule has 1 aromatic heterocycles. The Morgan fingerprint density at radius 3 is 2.33 bits per heavy atom. The van der Waals surface area contributed by atoms with Crippen LogP contribution in [0.25, 0.3) is 22.3 Å². The van der Waals surface area contributed by atoms with Crippen molar-refractivity contribution in [2.75, 3.05) is 10.6 Å². The van der Waals surface area contributed by atoms with Crippen LogP contribution in [0.2, 0.25) is 0 Å². The van der Waals surface area contributed by atoms with Gasteiger partial charge in [0.05, 0.1) is 16.7 Å². The highest BCUT2D eigenvalue weighted by atomic mass is 19.1. The van der Waals surface area contributed by atoms with Crippen LogP contribution in [-0.4, -0.2) is 21.4 Å². The van der Waals surface area contributed by atoms with Crippen LogP contribution in [-0.2, 0) is 9.59 Å². The monoisotopic (exact) mass is 444 g/mol. The topological polar surface area (TPSA) is 93.1 Å². The molecule has 0 fully saturated rings. The van der Waals surface area contributed by atoms with E-state index < -0.39 is 23.3 Å². The zero-order valence-corrected chi connectivity index (χ0v) is 18.0. The Morgan fingerprint density at radius 2 is 1.61 bits per heavy atom. The van der Waals surface area contributed by atoms with Crippen LogP contribution in [0.4, 0.5) is 15.8 Å². The van der Waals surface area contributed by atoms with E-state index in [1.165, 1.54) is 35.8 Å². The SMILES string of the molecule is CC(=O)Nc1ccccc1-c1nc2ccccc2n(C(C)C(=O)Nc2ccc(F)cc2)c1=O. The number of aromatic nitrogens is 2. The summed E-state index contributed by atoms with van der Waals surface area (Å²) in [7, 11) is 0. The van der Waals surface area contributed by atoms with Crippen LogP contribution >= 0.6 is 0 Å². The number of fused-ring (bicyclic) bond motifs is 1. The van der Waals surface area contributed by atoms with Crippen molar-refractivity contribution in [1.29, 1.82) is 0 Å². The van der Waals surface area contributed by atoms with Gasteiger partial charge >= 0.3 is 0 Å². The number of amides is 2. The zero-order chi connectivity index (χ0) is 23.5. The molecule has 2 N–H and O–H groups in total. The number of halogens is 1. The highest BCUT2D eigenvalue weighted by Gasteiger charge is 2.23. The van der Waals surface area contributed by atoms with Gasteiger partial charge in [-0.15, -0.1) is 0 Å². The number of benzene rings is 3. The van der Waals surface area contributed by atoms with E-state index in [0.717, 1.165) is 0 Å². The molecule has 4 aromatic rings. The van der Waals surface area contributed by atoms with Gasteiger partial charge in [-0.25, -0.2) is 9.37 Å². The quantitative estimate of drug-likeness (QED) is 0.478. The second kappa shape index (κ2) is 9.04. The molecule has 0 aliphatic carbocycles. The molecule has 33 heavy (non-hydrogen) atoms. The van der Waals surface area contributed by atoms with Gasteiger partial charge in [0.25, 0.3) is 5.56 Å². The Kier molecular flexibility index (Phi) is 5.99. The normalized spacial score (nSPS) is 11.7. The van der Waals surface area contributed by atoms with Gasteiger partial charge in [0, 0.05) is 18.2 Å². The molecule has 0 aliphatic heterocycles. The summed E-state index contributed by atoms with van der Waals surface area (Å²) in [5, 5.41) is 5.43. The number of carbonyl (C=O) groups excluding carboxylic acids is 2. The number of nitrogens with zero attached hydrogens (tertiary/aromatic N) is 2. The maximum Gasteiger partial charge on any atom is 0.278 e. The molecule has 0 saturated heterocycles. The molecular weight excluding hydrogens is 423 g/mol. The summed E-state index contributed by atoms with van der Waals surface area (Å²) in [5.74, 6) is -1.14. The van der Waals surface area contributed by atoms with Crippen LogP contribution in [0.15, 0.2) is 77.6 Å². The molecule has 1 atom stereocenters. The Hall–Kier alpha value is -4.33. The van der Waals surface area contributed by atoms with Crippen LogP contribution in [0.3, 0.4) is 0 Å². The number of para-hydroxylation sites is 3. The third-order valence-corrected chi connectivity index (χ3v) is 5.17. The molecular formula is C25H21FN4O3. The van der Waals surface area contributed by atoms with E-state index in [2.05, 4.69) is 15.6 Å². The lowest BCUT2D eigenvalue weighted by Gasteiger charge is -2.19. The second-order valence-corrected chi connectivity index (χ2v) is 7.52. The maximum atomic E-state index is 13.6. The van der Waals surface area contributed by atoms with Crippen molar-refractivity contribution in [2.24, 2.45) is 0 Å². The largest absolute Gasteiger partial charge is 0.326 e. The number of rotatable bonds is 5. The van der Waals surface area contributed by atoms with Crippen molar-refractivity contribution in [3.8, 4) is 11.3 Å². The Bertz CT molecular complexity index is 1410. The first kappa shape index (κ1) is 21.9. The van der Waals surface area contributed by atoms with E-state index >= 15 is 0 Å². The van der Waals surface area contributed by atoms with Gasteiger partial charge in [0.15, 0.2) is 0 Å². The molecule has 0 aliphatic rings. The molecule has 3 aromatic carbocycles. The molecule has 1 unspecified atom stereocenters. The van der Waals surface area contributed by atoms with Gasteiger partial charge < -0.3 is 10.6 Å². The van der Waals surface area contributed by atoms with Crippen molar-refractivity contribution < 1.29 is 14.0 Å². The van der Waals surface area contributed by atoms with Crippen LogP contribution in [0, 0.1) is 5.82 Å². The van der Waals surface area contributed by atoms with Crippen LogP contribution < -0.4 is 16.2 Å². The predicted octanol–water partition coefficient (Wildman–Crippen LogP) is 4.36. The summed E-state index contributed by atoms with van der Waals surface area (Å²) in [6, 6.07) is 18.4. The molecule has 0 spiro atoms. The predicted molar refractivity (Wildman–Crippen MR) is 125 cm³/mol. The first-order valence-electron chi connectivity index (χ1n) is 10.3. The fourth-order valence-corrected chi connectivity index (χ4v) is 3.60. The first-order chi connectivity index (χ1) is 15.8. The van der Waals surface area contributed by atoms with Crippen molar-refractivity contribution >= 4 is 34.2 Å². The molecule has 2 amide bonds. The standard InChI is InChI=1S/C25H21FN4O3/c1-15(24(32)28-18-13-11-17(26)12-14-18)30-22-10-6-5-9-21(22)29-23(25(30)33)19-7-3-4-8-20(19)27-16(2)31/h3-15H,1-2H3,(H,27,31)(H,28,32). The zero-order valence-electron chi connectivity index (χ0n) is 18.0. The first-order valence-corrected chi connectivity index (χ1v) is 10.3. The average molecular weight is 444 g/mol. The average Bonchev–Trinajstić information content (AvgIpc) is 2.80. The minimum atomic E-state index is -0.901. The number of carbonyl (C=O) groups is 2. The molecule has 8 heteroatoms. The molecule has 1 heterocycles. The second-order valence-electron chi connectivity index (χ2n) is 7.52. The van der Waals surface area contributed by atoms with Gasteiger partial charge in [0.1, 0.15) is 17.6 Å². The maximum absolute atomic E-state index is 13.6. The summed E-state index contributed by atoms with van der Waals surface area (Å²) in [4.78, 5) is 42.8. The van der Waals surface area contributed by atoms with Gasteiger partial charge in [0.2, 0.25) is 11.8 Å². The molecule has 0 saturated carbocycles. The van der Waals surface area contributed by atoms with E-state index in [1.54, 1.807) is 55.5 Å². The lowest BCUT2D eigenvalue weighted by Crippen LogP contribution is -2.33. The van der Waals surface area contributed by atoms with E-state index in [-0.39, 0.29) is 11.6 Å². The van der Waals surface area contributed by atoms with E-state index in [0.29, 0.717) is 28.0 Å². The highest BCUT2D eigenvalue weighted by Crippen LogP contribution is 2.27. The number of hydrogen-bond acceptors (Lipinski definition) is 4. The summed E-state index contributed by atoms with van der Waals surface area (Å²) >= 11 is 0.